The summed E-state index contributed by atoms with van der Waals surface area (Å²) < 4.78 is 101. The number of ether oxygens (including phenoxy) is 1. The summed E-state index contributed by atoms with van der Waals surface area (Å²) in [6.07, 6.45) is -10.5. The maximum Gasteiger partial charge on any atom is 0.573 e. The summed E-state index contributed by atoms with van der Waals surface area (Å²) in [4.78, 5) is 0.845. The molecular weight excluding hydrogens is 332 g/mol. The second-order valence-electron chi connectivity index (χ2n) is 3.58. The minimum Gasteiger partial charge on any atom is -0.404 e. The van der Waals surface area contributed by atoms with E-state index < -0.39 is 51.0 Å². The van der Waals surface area contributed by atoms with Crippen LogP contribution in [0.2, 0.25) is 0 Å². The highest BCUT2D eigenvalue weighted by Crippen LogP contribution is 2.40. The zero-order chi connectivity index (χ0) is 16.6. The second kappa shape index (κ2) is 5.31. The van der Waals surface area contributed by atoms with Crippen molar-refractivity contribution >= 4 is 10.0 Å². The highest BCUT2D eigenvalue weighted by Gasteiger charge is 2.43. The number of nitrogens with zero attached hydrogens (tertiary/aromatic N) is 1. The van der Waals surface area contributed by atoms with Crippen molar-refractivity contribution in [3.05, 3.63) is 17.5 Å². The lowest BCUT2D eigenvalue weighted by molar-refractivity contribution is -0.276. The molecule has 0 aliphatic heterocycles. The minimum absolute atomic E-state index is 0.332. The molecule has 0 unspecified atom stereocenters. The summed E-state index contributed by atoms with van der Waals surface area (Å²) in [7, 11) is -5.22. The third-order valence-corrected chi connectivity index (χ3v) is 3.00. The van der Waals surface area contributed by atoms with E-state index in [2.05, 4.69) is 14.9 Å². The fraction of sp³-hybridized carbons (Fsp3) is 0.375. The predicted molar refractivity (Wildman–Crippen MR) is 55.2 cm³/mol. The lowest BCUT2D eigenvalue weighted by Gasteiger charge is -2.18. The van der Waals surface area contributed by atoms with E-state index in [9.17, 15) is 34.8 Å². The monoisotopic (exact) mass is 339 g/mol. The Labute approximate surface area is 113 Å². The molecule has 0 fully saturated rings. The number of hydrogen-bond acceptors (Lipinski definition) is 5. The van der Waals surface area contributed by atoms with Crippen molar-refractivity contribution in [2.45, 2.75) is 24.0 Å². The number of alkyl halides is 6. The lowest BCUT2D eigenvalue weighted by atomic mass is 10.2. The topological polar surface area (TPSA) is 108 Å². The van der Waals surface area contributed by atoms with Crippen LogP contribution in [0.25, 0.3) is 0 Å². The van der Waals surface area contributed by atoms with E-state index >= 15 is 0 Å². The first-order valence-corrected chi connectivity index (χ1v) is 6.39. The number of hydrogen-bond donors (Lipinski definition) is 2. The largest absolute Gasteiger partial charge is 0.573 e. The molecule has 1 aromatic rings. The van der Waals surface area contributed by atoms with Crippen LogP contribution in [0.15, 0.2) is 11.1 Å². The fourth-order valence-electron chi connectivity index (χ4n) is 1.35. The molecule has 0 spiro atoms. The van der Waals surface area contributed by atoms with Gasteiger partial charge in [-0.05, 0) is 0 Å². The highest BCUT2D eigenvalue weighted by atomic mass is 32.2. The van der Waals surface area contributed by atoms with Crippen LogP contribution in [0, 0.1) is 0 Å². The van der Waals surface area contributed by atoms with E-state index in [1.807, 2.05) is 0 Å². The standard InChI is InChI=1S/C8H7F6N3O3S/c9-7(10,11)6-5(21(16,18)19)4(20-8(12,13)14)3(1-15)2-17-6/h2H,1,15H2,(H2,16,18,19). The van der Waals surface area contributed by atoms with Crippen LogP contribution in [-0.4, -0.2) is 19.8 Å². The molecule has 4 N–H and O–H groups in total. The Morgan fingerprint density at radius 2 is 1.71 bits per heavy atom. The molecule has 0 saturated carbocycles. The molecule has 0 radical (unpaired) electrons. The molecule has 1 rings (SSSR count). The van der Waals surface area contributed by atoms with Crippen LogP contribution < -0.4 is 15.6 Å². The maximum absolute atomic E-state index is 12.7. The molecule has 0 saturated heterocycles. The first-order valence-electron chi connectivity index (χ1n) is 4.85. The molecule has 0 aromatic carbocycles. The molecular formula is C8H7F6N3O3S. The zero-order valence-corrected chi connectivity index (χ0v) is 10.6. The number of nitrogens with two attached hydrogens (primary N) is 2. The Kier molecular flexibility index (Phi) is 4.41. The Morgan fingerprint density at radius 3 is 2.05 bits per heavy atom. The first kappa shape index (κ1) is 17.5. The molecule has 13 heteroatoms. The van der Waals surface area contributed by atoms with E-state index in [-0.39, 0.29) is 0 Å². The van der Waals surface area contributed by atoms with Gasteiger partial charge in [-0.25, -0.2) is 18.5 Å². The van der Waals surface area contributed by atoms with Crippen molar-refractivity contribution in [3.63, 3.8) is 0 Å². The number of pyridine rings is 1. The Balaban J connectivity index is 3.80. The molecule has 0 atom stereocenters. The van der Waals surface area contributed by atoms with E-state index in [1.54, 1.807) is 0 Å². The predicted octanol–water partition coefficient (Wildman–Crippen LogP) is 1.11. The van der Waals surface area contributed by atoms with Crippen molar-refractivity contribution in [2.75, 3.05) is 0 Å². The average Bonchev–Trinajstić information content (AvgIpc) is 2.23. The SMILES string of the molecule is NCc1cnc(C(F)(F)F)c(S(N)(=O)=O)c1OC(F)(F)F. The molecule has 0 aliphatic carbocycles. The van der Waals surface area contributed by atoms with Gasteiger partial charge < -0.3 is 10.5 Å². The van der Waals surface area contributed by atoms with Crippen LogP contribution in [0.5, 0.6) is 5.75 Å². The Hall–Kier alpha value is -1.60. The number of primary sulfonamides is 1. The third kappa shape index (κ3) is 4.18. The molecule has 1 aromatic heterocycles. The third-order valence-electron chi connectivity index (χ3n) is 2.05. The van der Waals surface area contributed by atoms with Gasteiger partial charge >= 0.3 is 12.5 Å². The highest BCUT2D eigenvalue weighted by molar-refractivity contribution is 7.89. The van der Waals surface area contributed by atoms with Crippen molar-refractivity contribution in [1.82, 2.24) is 4.98 Å². The smallest absolute Gasteiger partial charge is 0.404 e. The summed E-state index contributed by atoms with van der Waals surface area (Å²) in [6.45, 7) is -0.751. The average molecular weight is 339 g/mol. The van der Waals surface area contributed by atoms with Gasteiger partial charge in [-0.1, -0.05) is 0 Å². The van der Waals surface area contributed by atoms with Crippen LogP contribution in [0.4, 0.5) is 26.3 Å². The molecule has 120 valence electrons. The Bertz CT molecular complexity index is 640. The maximum atomic E-state index is 12.7. The first-order chi connectivity index (χ1) is 9.27. The number of rotatable bonds is 3. The van der Waals surface area contributed by atoms with Crippen LogP contribution in [0.3, 0.4) is 0 Å². The summed E-state index contributed by atoms with van der Waals surface area (Å²) in [5.41, 5.74) is 2.21. The second-order valence-corrected chi connectivity index (χ2v) is 5.08. The summed E-state index contributed by atoms with van der Waals surface area (Å²) in [5, 5.41) is 4.54. The zero-order valence-electron chi connectivity index (χ0n) is 9.79. The quantitative estimate of drug-likeness (QED) is 0.802. The van der Waals surface area contributed by atoms with Crippen molar-refractivity contribution in [2.24, 2.45) is 10.9 Å². The van der Waals surface area contributed by atoms with E-state index in [4.69, 9.17) is 5.73 Å². The van der Waals surface area contributed by atoms with Crippen molar-refractivity contribution in [3.8, 4) is 5.75 Å². The molecule has 6 nitrogen and oxygen atoms in total. The van der Waals surface area contributed by atoms with Gasteiger partial charge in [0.25, 0.3) is 0 Å². The minimum atomic E-state index is -5.45. The van der Waals surface area contributed by atoms with E-state index in [1.165, 1.54) is 0 Å². The van der Waals surface area contributed by atoms with Crippen LogP contribution in [0.1, 0.15) is 11.3 Å². The van der Waals surface area contributed by atoms with Gasteiger partial charge in [-0.15, -0.1) is 13.2 Å². The van der Waals surface area contributed by atoms with Crippen LogP contribution >= 0.6 is 0 Å². The molecule has 21 heavy (non-hydrogen) atoms. The summed E-state index contributed by atoms with van der Waals surface area (Å²) in [6, 6.07) is 0. The summed E-state index contributed by atoms with van der Waals surface area (Å²) in [5.74, 6) is -1.64. The van der Waals surface area contributed by atoms with E-state index in [0.29, 0.717) is 6.20 Å². The van der Waals surface area contributed by atoms with Gasteiger partial charge in [0, 0.05) is 18.3 Å². The van der Waals surface area contributed by atoms with Gasteiger partial charge in [0.2, 0.25) is 10.0 Å². The van der Waals surface area contributed by atoms with Gasteiger partial charge in [0.15, 0.2) is 16.3 Å². The lowest BCUT2D eigenvalue weighted by Crippen LogP contribution is -2.26. The molecule has 1 heterocycles. The van der Waals surface area contributed by atoms with E-state index in [0.717, 1.165) is 0 Å². The van der Waals surface area contributed by atoms with Gasteiger partial charge in [-0.3, -0.25) is 0 Å². The van der Waals surface area contributed by atoms with Gasteiger partial charge in [0.05, 0.1) is 0 Å². The summed E-state index contributed by atoms with van der Waals surface area (Å²) >= 11 is 0. The van der Waals surface area contributed by atoms with Gasteiger partial charge in [-0.2, -0.15) is 13.2 Å². The molecule has 0 aliphatic rings. The fourth-order valence-corrected chi connectivity index (χ4v) is 2.22. The van der Waals surface area contributed by atoms with Crippen molar-refractivity contribution in [1.29, 1.82) is 0 Å². The number of sulfonamides is 1. The number of halogens is 6. The van der Waals surface area contributed by atoms with Crippen molar-refractivity contribution < 1.29 is 39.5 Å². The normalized spacial score (nSPS) is 13.3. The molecule has 0 bridgehead atoms. The Morgan fingerprint density at radius 1 is 1.19 bits per heavy atom. The number of aromatic nitrogens is 1. The molecule has 0 amide bonds. The van der Waals surface area contributed by atoms with Crippen LogP contribution in [-0.2, 0) is 22.7 Å². The van der Waals surface area contributed by atoms with Gasteiger partial charge in [0.1, 0.15) is 0 Å².